The zero-order valence-electron chi connectivity index (χ0n) is 8.28. The molecule has 0 fully saturated rings. The second kappa shape index (κ2) is 4.90. The Morgan fingerprint density at radius 1 is 1.33 bits per heavy atom. The Labute approximate surface area is 96.8 Å². The molecule has 0 radical (unpaired) electrons. The van der Waals surface area contributed by atoms with Gasteiger partial charge in [-0.2, -0.15) is 0 Å². The molecule has 1 heterocycles. The Bertz CT molecular complexity index is 417. The maximum absolute atomic E-state index is 11.5. The third-order valence-corrected chi connectivity index (χ3v) is 3.70. The summed E-state index contributed by atoms with van der Waals surface area (Å²) in [6, 6.07) is 5.98. The molecule has 0 saturated heterocycles. The van der Waals surface area contributed by atoms with E-state index in [4.69, 9.17) is 11.6 Å². The highest BCUT2D eigenvalue weighted by Crippen LogP contribution is 2.28. The van der Waals surface area contributed by atoms with Gasteiger partial charge in [-0.15, -0.1) is 11.6 Å². The second-order valence-electron chi connectivity index (χ2n) is 3.48. The lowest BCUT2D eigenvalue weighted by molar-refractivity contribution is 0.691. The van der Waals surface area contributed by atoms with Crippen molar-refractivity contribution in [2.75, 3.05) is 5.88 Å². The average molecular weight is 242 g/mol. The Hall–Kier alpha value is -0.670. The first-order valence-electron chi connectivity index (χ1n) is 4.95. The van der Waals surface area contributed by atoms with Crippen LogP contribution >= 0.6 is 11.6 Å². The first-order valence-corrected chi connectivity index (χ1v) is 6.69. The highest BCUT2D eigenvalue weighted by molar-refractivity contribution is 7.99. The number of hydrogen-bond donors (Lipinski definition) is 0. The van der Waals surface area contributed by atoms with Gasteiger partial charge in [0.25, 0.3) is 0 Å². The fraction of sp³-hybridized carbons (Fsp3) is 0.364. The van der Waals surface area contributed by atoms with Crippen LogP contribution in [0.25, 0.3) is 0 Å². The molecule has 2 nitrogen and oxygen atoms in total. The van der Waals surface area contributed by atoms with E-state index in [-0.39, 0.29) is 0 Å². The molecule has 0 aromatic heterocycles. The van der Waals surface area contributed by atoms with Gasteiger partial charge in [0.2, 0.25) is 0 Å². The minimum Gasteiger partial charge on any atom is -0.248 e. The van der Waals surface area contributed by atoms with Crippen LogP contribution in [-0.4, -0.2) is 15.6 Å². The van der Waals surface area contributed by atoms with Gasteiger partial charge >= 0.3 is 0 Å². The summed E-state index contributed by atoms with van der Waals surface area (Å²) >= 11 is 5.62. The smallest absolute Gasteiger partial charge is 0.0984 e. The molecule has 0 N–H and O–H groups in total. The number of halogens is 1. The summed E-state index contributed by atoms with van der Waals surface area (Å²) in [5.41, 5.74) is 3.56. The molecule has 0 spiro atoms. The van der Waals surface area contributed by atoms with Crippen LogP contribution in [-0.2, 0) is 17.2 Å². The van der Waals surface area contributed by atoms with Crippen LogP contribution in [0.4, 0.5) is 5.69 Å². The first-order chi connectivity index (χ1) is 7.31. The van der Waals surface area contributed by atoms with Gasteiger partial charge in [0.05, 0.1) is 26.9 Å². The predicted octanol–water partition coefficient (Wildman–Crippen LogP) is 3.03. The van der Waals surface area contributed by atoms with Crippen LogP contribution in [0, 0.1) is 0 Å². The summed E-state index contributed by atoms with van der Waals surface area (Å²) < 4.78 is 11.5. The number of benzene rings is 1. The molecule has 1 aliphatic heterocycles. The number of hydrogen-bond acceptors (Lipinski definition) is 2. The Morgan fingerprint density at radius 2 is 2.20 bits per heavy atom. The predicted molar refractivity (Wildman–Crippen MR) is 64.7 cm³/mol. The van der Waals surface area contributed by atoms with E-state index in [0.29, 0.717) is 5.88 Å². The molecule has 15 heavy (non-hydrogen) atoms. The van der Waals surface area contributed by atoms with E-state index < -0.39 is 10.8 Å². The van der Waals surface area contributed by atoms with Gasteiger partial charge in [-0.25, -0.2) is 9.20 Å². The van der Waals surface area contributed by atoms with Crippen molar-refractivity contribution in [3.8, 4) is 0 Å². The van der Waals surface area contributed by atoms with Crippen molar-refractivity contribution in [2.45, 2.75) is 24.2 Å². The Balaban J connectivity index is 2.10. The maximum Gasteiger partial charge on any atom is 0.0984 e. The lowest BCUT2D eigenvalue weighted by Gasteiger charge is -2.02. The van der Waals surface area contributed by atoms with Gasteiger partial charge in [-0.3, -0.25) is 0 Å². The lowest BCUT2D eigenvalue weighted by Crippen LogP contribution is -1.90. The SMILES string of the molecule is O=S1C=Nc2ccc(CCCCCl)cc21. The normalized spacial score (nSPS) is 18.1. The zero-order valence-corrected chi connectivity index (χ0v) is 9.85. The van der Waals surface area contributed by atoms with Crippen LogP contribution < -0.4 is 0 Å². The highest BCUT2D eigenvalue weighted by atomic mass is 35.5. The third-order valence-electron chi connectivity index (χ3n) is 2.38. The number of unbranched alkanes of at least 4 members (excludes halogenated alkanes) is 1. The first kappa shape index (κ1) is 10.8. The number of aryl methyl sites for hydroxylation is 1. The van der Waals surface area contributed by atoms with Gasteiger partial charge in [0.15, 0.2) is 0 Å². The Kier molecular flexibility index (Phi) is 3.54. The van der Waals surface area contributed by atoms with Crippen molar-refractivity contribution in [1.29, 1.82) is 0 Å². The number of nitrogens with zero attached hydrogens (tertiary/aromatic N) is 1. The summed E-state index contributed by atoms with van der Waals surface area (Å²) in [4.78, 5) is 4.92. The van der Waals surface area contributed by atoms with Crippen molar-refractivity contribution in [2.24, 2.45) is 4.99 Å². The summed E-state index contributed by atoms with van der Waals surface area (Å²) in [5.74, 6) is 0.708. The molecule has 2 rings (SSSR count). The highest BCUT2D eigenvalue weighted by Gasteiger charge is 2.13. The maximum atomic E-state index is 11.5. The van der Waals surface area contributed by atoms with Gasteiger partial charge in [-0.05, 0) is 37.0 Å². The largest absolute Gasteiger partial charge is 0.248 e. The number of alkyl halides is 1. The van der Waals surface area contributed by atoms with Gasteiger partial charge in [0, 0.05) is 5.88 Å². The quantitative estimate of drug-likeness (QED) is 0.589. The van der Waals surface area contributed by atoms with Crippen molar-refractivity contribution in [3.05, 3.63) is 23.8 Å². The van der Waals surface area contributed by atoms with E-state index in [0.717, 1.165) is 29.8 Å². The lowest BCUT2D eigenvalue weighted by atomic mass is 10.1. The fourth-order valence-corrected chi connectivity index (χ4v) is 2.67. The average Bonchev–Trinajstić information content (AvgIpc) is 2.61. The second-order valence-corrected chi connectivity index (χ2v) is 5.10. The molecule has 1 aromatic rings. The van der Waals surface area contributed by atoms with Crippen LogP contribution in [0.2, 0.25) is 0 Å². The molecular weight excluding hydrogens is 230 g/mol. The molecular formula is C11H12ClNOS. The third kappa shape index (κ3) is 2.47. The van der Waals surface area contributed by atoms with Crippen LogP contribution in [0.15, 0.2) is 28.1 Å². The fourth-order valence-electron chi connectivity index (χ4n) is 1.57. The molecule has 0 amide bonds. The van der Waals surface area contributed by atoms with Crippen molar-refractivity contribution >= 4 is 33.6 Å². The van der Waals surface area contributed by atoms with Crippen molar-refractivity contribution < 1.29 is 4.21 Å². The van der Waals surface area contributed by atoms with Crippen LogP contribution in [0.5, 0.6) is 0 Å². The number of aliphatic imine (C=N–C) groups is 1. The monoisotopic (exact) mass is 241 g/mol. The molecule has 0 aliphatic carbocycles. The number of rotatable bonds is 4. The van der Waals surface area contributed by atoms with Crippen LogP contribution in [0.3, 0.4) is 0 Å². The molecule has 1 aliphatic rings. The van der Waals surface area contributed by atoms with E-state index in [1.165, 1.54) is 11.1 Å². The van der Waals surface area contributed by atoms with E-state index >= 15 is 0 Å². The zero-order chi connectivity index (χ0) is 10.7. The van der Waals surface area contributed by atoms with E-state index in [1.54, 1.807) is 0 Å². The topological polar surface area (TPSA) is 29.4 Å². The molecule has 4 heteroatoms. The molecule has 80 valence electrons. The van der Waals surface area contributed by atoms with Crippen molar-refractivity contribution in [3.63, 3.8) is 0 Å². The van der Waals surface area contributed by atoms with E-state index in [9.17, 15) is 4.21 Å². The molecule has 0 bridgehead atoms. The standard InChI is InChI=1S/C11H12ClNOS/c12-6-2-1-3-9-4-5-10-11(7-9)15(14)8-13-10/h4-5,7-8H,1-3,6H2. The van der Waals surface area contributed by atoms with Gasteiger partial charge in [0.1, 0.15) is 0 Å². The Morgan fingerprint density at radius 3 is 3.00 bits per heavy atom. The summed E-state index contributed by atoms with van der Waals surface area (Å²) in [7, 11) is -1.03. The minimum absolute atomic E-state index is 0.708. The summed E-state index contributed by atoms with van der Waals surface area (Å²) in [5, 5.41) is 0. The number of fused-ring (bicyclic) bond motifs is 1. The van der Waals surface area contributed by atoms with Crippen LogP contribution in [0.1, 0.15) is 18.4 Å². The molecule has 1 aromatic carbocycles. The molecule has 1 unspecified atom stereocenters. The summed E-state index contributed by atoms with van der Waals surface area (Å²) in [6.45, 7) is 0. The molecule has 1 atom stereocenters. The van der Waals surface area contributed by atoms with Gasteiger partial charge in [-0.1, -0.05) is 6.07 Å². The van der Waals surface area contributed by atoms with Gasteiger partial charge < -0.3 is 0 Å². The minimum atomic E-state index is -1.03. The summed E-state index contributed by atoms with van der Waals surface area (Å²) in [6.07, 6.45) is 3.10. The molecule has 0 saturated carbocycles. The van der Waals surface area contributed by atoms with E-state index in [2.05, 4.69) is 4.99 Å². The van der Waals surface area contributed by atoms with E-state index in [1.807, 2.05) is 18.2 Å². The van der Waals surface area contributed by atoms with Crippen molar-refractivity contribution in [1.82, 2.24) is 0 Å².